The Hall–Kier alpha value is -3.48. The molecule has 4 rings (SSSR count). The van der Waals surface area contributed by atoms with Gasteiger partial charge >= 0.3 is 6.03 Å². The highest BCUT2D eigenvalue weighted by Crippen LogP contribution is 2.31. The van der Waals surface area contributed by atoms with E-state index in [1.54, 1.807) is 20.3 Å². The third-order valence-electron chi connectivity index (χ3n) is 6.08. The van der Waals surface area contributed by atoms with Gasteiger partial charge in [-0.1, -0.05) is 43.2 Å². The van der Waals surface area contributed by atoms with Crippen molar-refractivity contribution in [2.45, 2.75) is 44.8 Å². The normalized spacial score (nSPS) is 13.8. The van der Waals surface area contributed by atoms with Gasteiger partial charge in [-0.3, -0.25) is 4.79 Å². The van der Waals surface area contributed by atoms with Crippen molar-refractivity contribution in [3.63, 3.8) is 0 Å². The van der Waals surface area contributed by atoms with Gasteiger partial charge in [0.1, 0.15) is 0 Å². The van der Waals surface area contributed by atoms with Gasteiger partial charge in [0.25, 0.3) is 5.56 Å². The fourth-order valence-corrected chi connectivity index (χ4v) is 4.34. The average molecular weight is 436 g/mol. The first-order valence-electron chi connectivity index (χ1n) is 11.0. The molecule has 0 unspecified atom stereocenters. The van der Waals surface area contributed by atoms with Gasteiger partial charge in [-0.05, 0) is 30.5 Å². The lowest BCUT2D eigenvalue weighted by atomic mass is 10.1. The van der Waals surface area contributed by atoms with Gasteiger partial charge in [0.15, 0.2) is 11.5 Å². The molecular formula is C25H29N3O4. The molecule has 0 atom stereocenters. The lowest BCUT2D eigenvalue weighted by Gasteiger charge is -2.29. The summed E-state index contributed by atoms with van der Waals surface area (Å²) in [4.78, 5) is 30.7. The van der Waals surface area contributed by atoms with E-state index in [2.05, 4.69) is 10.3 Å². The standard InChI is InChI=1S/C25H29N3O4/c1-31-22-13-18-12-19(24(29)27-21(18)14-23(22)32-2)16-28(20-10-6-7-11-20)25(30)26-15-17-8-4-3-5-9-17/h3-5,8-9,12-14,20H,6-7,10-11,15-16H2,1-2H3,(H,26,30)(H,27,29). The number of nitrogens with zero attached hydrogens (tertiary/aromatic N) is 1. The van der Waals surface area contributed by atoms with Gasteiger partial charge < -0.3 is 24.7 Å². The van der Waals surface area contributed by atoms with E-state index in [1.807, 2.05) is 47.4 Å². The zero-order valence-electron chi connectivity index (χ0n) is 18.5. The van der Waals surface area contributed by atoms with E-state index in [4.69, 9.17) is 9.47 Å². The number of urea groups is 1. The number of pyridine rings is 1. The molecule has 0 radical (unpaired) electrons. The number of nitrogens with one attached hydrogen (secondary N) is 2. The molecule has 1 fully saturated rings. The van der Waals surface area contributed by atoms with Gasteiger partial charge in [0.05, 0.1) is 26.3 Å². The van der Waals surface area contributed by atoms with Crippen LogP contribution in [-0.4, -0.2) is 36.2 Å². The summed E-state index contributed by atoms with van der Waals surface area (Å²) in [5.74, 6) is 1.14. The van der Waals surface area contributed by atoms with Crippen LogP contribution in [0.15, 0.2) is 53.3 Å². The van der Waals surface area contributed by atoms with Gasteiger partial charge in [0.2, 0.25) is 0 Å². The number of benzene rings is 2. The third kappa shape index (κ3) is 4.72. The van der Waals surface area contributed by atoms with Crippen molar-refractivity contribution >= 4 is 16.9 Å². The summed E-state index contributed by atoms with van der Waals surface area (Å²) in [7, 11) is 3.14. The highest BCUT2D eigenvalue weighted by molar-refractivity contribution is 5.83. The molecular weight excluding hydrogens is 406 g/mol. The van der Waals surface area contributed by atoms with Crippen molar-refractivity contribution in [2.24, 2.45) is 0 Å². The number of aromatic amines is 1. The van der Waals surface area contributed by atoms with E-state index in [-0.39, 0.29) is 24.2 Å². The molecule has 1 heterocycles. The number of aromatic nitrogens is 1. The maximum absolute atomic E-state index is 13.1. The summed E-state index contributed by atoms with van der Waals surface area (Å²) in [5.41, 5.74) is 2.05. The van der Waals surface area contributed by atoms with E-state index in [1.165, 1.54) is 0 Å². The Bertz CT molecular complexity index is 1140. The predicted molar refractivity (Wildman–Crippen MR) is 124 cm³/mol. The van der Waals surface area contributed by atoms with E-state index < -0.39 is 0 Å². The van der Waals surface area contributed by atoms with Crippen LogP contribution >= 0.6 is 0 Å². The number of methoxy groups -OCH3 is 2. The smallest absolute Gasteiger partial charge is 0.318 e. The number of ether oxygens (including phenoxy) is 2. The van der Waals surface area contributed by atoms with Crippen molar-refractivity contribution in [3.8, 4) is 11.5 Å². The molecule has 0 bridgehead atoms. The van der Waals surface area contributed by atoms with Crippen LogP contribution in [0.2, 0.25) is 0 Å². The monoisotopic (exact) mass is 435 g/mol. The number of hydrogen-bond donors (Lipinski definition) is 2. The number of hydrogen-bond acceptors (Lipinski definition) is 4. The fourth-order valence-electron chi connectivity index (χ4n) is 4.34. The Morgan fingerprint density at radius 3 is 2.44 bits per heavy atom. The van der Waals surface area contributed by atoms with Crippen LogP contribution in [0.25, 0.3) is 10.9 Å². The zero-order valence-corrected chi connectivity index (χ0v) is 18.5. The van der Waals surface area contributed by atoms with E-state index in [9.17, 15) is 9.59 Å². The summed E-state index contributed by atoms with van der Waals surface area (Å²) in [6.07, 6.45) is 4.10. The molecule has 168 valence electrons. The average Bonchev–Trinajstić information content (AvgIpc) is 3.35. The van der Waals surface area contributed by atoms with Crippen LogP contribution in [0, 0.1) is 0 Å². The van der Waals surface area contributed by atoms with Crippen LogP contribution in [0.3, 0.4) is 0 Å². The Kier molecular flexibility index (Phi) is 6.63. The first-order chi connectivity index (χ1) is 15.6. The van der Waals surface area contributed by atoms with Crippen molar-refractivity contribution < 1.29 is 14.3 Å². The van der Waals surface area contributed by atoms with Crippen molar-refractivity contribution in [2.75, 3.05) is 14.2 Å². The zero-order chi connectivity index (χ0) is 22.5. The number of amides is 2. The maximum atomic E-state index is 13.1. The maximum Gasteiger partial charge on any atom is 0.318 e. The Labute approximate surface area is 187 Å². The second-order valence-corrected chi connectivity index (χ2v) is 8.13. The van der Waals surface area contributed by atoms with Crippen LogP contribution in [-0.2, 0) is 13.1 Å². The van der Waals surface area contributed by atoms with Gasteiger partial charge in [-0.25, -0.2) is 4.79 Å². The Balaban J connectivity index is 1.60. The van der Waals surface area contributed by atoms with Crippen LogP contribution < -0.4 is 20.3 Å². The quantitative estimate of drug-likeness (QED) is 0.583. The van der Waals surface area contributed by atoms with Crippen LogP contribution in [0.4, 0.5) is 4.79 Å². The molecule has 2 N–H and O–H groups in total. The molecule has 7 nitrogen and oxygen atoms in total. The summed E-state index contributed by atoms with van der Waals surface area (Å²) < 4.78 is 10.7. The lowest BCUT2D eigenvalue weighted by Crippen LogP contribution is -2.45. The molecule has 3 aromatic rings. The molecule has 1 aromatic heterocycles. The van der Waals surface area contributed by atoms with Gasteiger partial charge in [0, 0.05) is 29.6 Å². The number of carbonyl (C=O) groups is 1. The number of fused-ring (bicyclic) bond motifs is 1. The number of carbonyl (C=O) groups excluding carboxylic acids is 1. The summed E-state index contributed by atoms with van der Waals surface area (Å²) in [5, 5.41) is 3.85. The topological polar surface area (TPSA) is 83.7 Å². The minimum atomic E-state index is -0.205. The van der Waals surface area contributed by atoms with Crippen molar-refractivity contribution in [1.82, 2.24) is 15.2 Å². The molecule has 0 aliphatic heterocycles. The lowest BCUT2D eigenvalue weighted by molar-refractivity contribution is 0.170. The van der Waals surface area contributed by atoms with Gasteiger partial charge in [-0.15, -0.1) is 0 Å². The van der Waals surface area contributed by atoms with E-state index in [0.717, 1.165) is 36.6 Å². The first-order valence-corrected chi connectivity index (χ1v) is 11.0. The van der Waals surface area contributed by atoms with Crippen molar-refractivity contribution in [1.29, 1.82) is 0 Å². The molecule has 32 heavy (non-hydrogen) atoms. The Morgan fingerprint density at radius 1 is 1.06 bits per heavy atom. The molecule has 1 aliphatic carbocycles. The molecule has 2 aromatic carbocycles. The predicted octanol–water partition coefficient (Wildman–Crippen LogP) is 4.20. The summed E-state index contributed by atoms with van der Waals surface area (Å²) in [6, 6.07) is 15.2. The fraction of sp³-hybridized carbons (Fsp3) is 0.360. The molecule has 1 saturated carbocycles. The minimum absolute atomic E-state index is 0.131. The second kappa shape index (κ2) is 9.77. The van der Waals surface area contributed by atoms with Crippen LogP contribution in [0.5, 0.6) is 11.5 Å². The SMILES string of the molecule is COc1cc2cc(CN(C(=O)NCc3ccccc3)C3CCCC3)c(=O)[nH]c2cc1OC. The highest BCUT2D eigenvalue weighted by Gasteiger charge is 2.27. The Morgan fingerprint density at radius 2 is 1.75 bits per heavy atom. The second-order valence-electron chi connectivity index (χ2n) is 8.13. The van der Waals surface area contributed by atoms with Gasteiger partial charge in [-0.2, -0.15) is 0 Å². The van der Waals surface area contributed by atoms with Crippen LogP contribution in [0.1, 0.15) is 36.8 Å². The molecule has 7 heteroatoms. The van der Waals surface area contributed by atoms with Crippen molar-refractivity contribution in [3.05, 3.63) is 70.0 Å². The summed E-state index contributed by atoms with van der Waals surface area (Å²) >= 11 is 0. The molecule has 1 aliphatic rings. The highest BCUT2D eigenvalue weighted by atomic mass is 16.5. The summed E-state index contributed by atoms with van der Waals surface area (Å²) in [6.45, 7) is 0.707. The van der Waals surface area contributed by atoms with E-state index in [0.29, 0.717) is 29.1 Å². The molecule has 2 amide bonds. The largest absolute Gasteiger partial charge is 0.493 e. The third-order valence-corrected chi connectivity index (χ3v) is 6.08. The van der Waals surface area contributed by atoms with E-state index >= 15 is 0 Å². The number of H-pyrrole nitrogens is 1. The first kappa shape index (κ1) is 21.7. The number of rotatable bonds is 7. The minimum Gasteiger partial charge on any atom is -0.493 e. The molecule has 0 saturated heterocycles. The molecule has 0 spiro atoms.